The Morgan fingerprint density at radius 3 is 2.14 bits per heavy atom. The van der Waals surface area contributed by atoms with Gasteiger partial charge in [-0.25, -0.2) is 9.59 Å². The van der Waals surface area contributed by atoms with Crippen molar-refractivity contribution in [1.82, 2.24) is 10.2 Å². The van der Waals surface area contributed by atoms with Crippen LogP contribution in [-0.4, -0.2) is 47.9 Å². The highest BCUT2D eigenvalue weighted by atomic mass is 19.3. The zero-order chi connectivity index (χ0) is 20.9. The van der Waals surface area contributed by atoms with Gasteiger partial charge in [-0.05, 0) is 57.9 Å². The SMILES string of the molecule is CC(C)(C)OC(=O)N1CCC(NC(=O)Nc2ccc(OC(C)(F)F)cc2)CC1. The molecule has 2 rings (SSSR count). The third-order valence-electron chi connectivity index (χ3n) is 3.89. The quantitative estimate of drug-likeness (QED) is 0.795. The number of carbonyl (C=O) groups is 2. The van der Waals surface area contributed by atoms with E-state index in [1.54, 1.807) is 4.90 Å². The molecule has 1 aromatic carbocycles. The van der Waals surface area contributed by atoms with Gasteiger partial charge in [0.15, 0.2) is 0 Å². The monoisotopic (exact) mass is 399 g/mol. The number of ether oxygens (including phenoxy) is 2. The molecule has 156 valence electrons. The number of nitrogens with zero attached hydrogens (tertiary/aromatic N) is 1. The lowest BCUT2D eigenvalue weighted by Gasteiger charge is -2.33. The number of piperidine rings is 1. The molecule has 0 bridgehead atoms. The van der Waals surface area contributed by atoms with Crippen LogP contribution >= 0.6 is 0 Å². The molecule has 0 atom stereocenters. The summed E-state index contributed by atoms with van der Waals surface area (Å²) in [6.45, 7) is 7.09. The van der Waals surface area contributed by atoms with Crippen molar-refractivity contribution in [2.45, 2.75) is 58.3 Å². The number of hydrogen-bond acceptors (Lipinski definition) is 4. The van der Waals surface area contributed by atoms with Crippen molar-refractivity contribution in [2.75, 3.05) is 18.4 Å². The topological polar surface area (TPSA) is 79.9 Å². The molecule has 0 aliphatic carbocycles. The van der Waals surface area contributed by atoms with Crippen LogP contribution in [0.4, 0.5) is 24.1 Å². The van der Waals surface area contributed by atoms with E-state index in [0.29, 0.717) is 38.5 Å². The third kappa shape index (κ3) is 7.58. The predicted molar refractivity (Wildman–Crippen MR) is 101 cm³/mol. The number of hydrogen-bond donors (Lipinski definition) is 2. The minimum absolute atomic E-state index is 0.00738. The zero-order valence-corrected chi connectivity index (χ0v) is 16.6. The molecule has 1 aromatic rings. The van der Waals surface area contributed by atoms with Crippen molar-refractivity contribution in [2.24, 2.45) is 0 Å². The molecule has 0 unspecified atom stereocenters. The summed E-state index contributed by atoms with van der Waals surface area (Å²) in [7, 11) is 0. The Balaban J connectivity index is 1.76. The molecule has 0 spiro atoms. The molecule has 0 saturated carbocycles. The molecule has 9 heteroatoms. The first-order valence-corrected chi connectivity index (χ1v) is 9.14. The summed E-state index contributed by atoms with van der Waals surface area (Å²) in [5.74, 6) is 0.00738. The van der Waals surface area contributed by atoms with Gasteiger partial charge in [-0.15, -0.1) is 0 Å². The highest BCUT2D eigenvalue weighted by Gasteiger charge is 2.27. The number of carbonyl (C=O) groups excluding carboxylic acids is 2. The molecule has 1 saturated heterocycles. The average molecular weight is 399 g/mol. The van der Waals surface area contributed by atoms with E-state index in [-0.39, 0.29) is 17.9 Å². The van der Waals surface area contributed by atoms with Gasteiger partial charge in [0.25, 0.3) is 0 Å². The number of likely N-dealkylation sites (tertiary alicyclic amines) is 1. The molecule has 0 radical (unpaired) electrons. The van der Waals surface area contributed by atoms with Crippen molar-refractivity contribution < 1.29 is 27.8 Å². The van der Waals surface area contributed by atoms with Crippen LogP contribution in [0.1, 0.15) is 40.5 Å². The van der Waals surface area contributed by atoms with E-state index in [1.807, 2.05) is 20.8 Å². The summed E-state index contributed by atoms with van der Waals surface area (Å²) >= 11 is 0. The first-order chi connectivity index (χ1) is 12.9. The van der Waals surface area contributed by atoms with Gasteiger partial charge in [0.2, 0.25) is 0 Å². The van der Waals surface area contributed by atoms with E-state index in [1.165, 1.54) is 24.3 Å². The molecular formula is C19H27F2N3O4. The molecule has 1 aliphatic heterocycles. The van der Waals surface area contributed by atoms with Crippen molar-refractivity contribution in [3.8, 4) is 5.75 Å². The summed E-state index contributed by atoms with van der Waals surface area (Å²) in [6, 6.07) is 5.20. The normalized spacial score (nSPS) is 15.7. The van der Waals surface area contributed by atoms with Gasteiger partial charge < -0.3 is 25.0 Å². The van der Waals surface area contributed by atoms with Crippen LogP contribution in [0.5, 0.6) is 5.75 Å². The van der Waals surface area contributed by atoms with Crippen molar-refractivity contribution in [1.29, 1.82) is 0 Å². The van der Waals surface area contributed by atoms with Crippen LogP contribution in [0, 0.1) is 0 Å². The van der Waals surface area contributed by atoms with Crippen LogP contribution in [0.3, 0.4) is 0 Å². The summed E-state index contributed by atoms with van der Waals surface area (Å²) in [5.41, 5.74) is -0.0879. The Morgan fingerprint density at radius 1 is 1.07 bits per heavy atom. The molecule has 1 heterocycles. The predicted octanol–water partition coefficient (Wildman–Crippen LogP) is 4.20. The molecule has 3 amide bonds. The Hall–Kier alpha value is -2.58. The van der Waals surface area contributed by atoms with Gasteiger partial charge in [0.1, 0.15) is 11.4 Å². The molecule has 1 fully saturated rings. The lowest BCUT2D eigenvalue weighted by atomic mass is 10.1. The van der Waals surface area contributed by atoms with Gasteiger partial charge in [0.05, 0.1) is 0 Å². The Labute approximate surface area is 163 Å². The van der Waals surface area contributed by atoms with E-state index < -0.39 is 17.7 Å². The van der Waals surface area contributed by atoms with E-state index in [9.17, 15) is 18.4 Å². The van der Waals surface area contributed by atoms with Crippen LogP contribution in [0.2, 0.25) is 0 Å². The van der Waals surface area contributed by atoms with Gasteiger partial charge in [-0.2, -0.15) is 8.78 Å². The molecule has 28 heavy (non-hydrogen) atoms. The van der Waals surface area contributed by atoms with Crippen molar-refractivity contribution in [3.63, 3.8) is 0 Å². The summed E-state index contributed by atoms with van der Waals surface area (Å²) < 4.78 is 35.4. The van der Waals surface area contributed by atoms with E-state index in [4.69, 9.17) is 4.74 Å². The lowest BCUT2D eigenvalue weighted by Crippen LogP contribution is -2.48. The lowest BCUT2D eigenvalue weighted by molar-refractivity contribution is -0.158. The molecule has 1 aliphatic rings. The highest BCUT2D eigenvalue weighted by molar-refractivity contribution is 5.89. The minimum Gasteiger partial charge on any atom is -0.444 e. The molecular weight excluding hydrogens is 372 g/mol. The highest BCUT2D eigenvalue weighted by Crippen LogP contribution is 2.22. The number of benzene rings is 1. The Kier molecular flexibility index (Phi) is 6.69. The molecule has 7 nitrogen and oxygen atoms in total. The van der Waals surface area contributed by atoms with Crippen LogP contribution in [-0.2, 0) is 4.74 Å². The Morgan fingerprint density at radius 2 is 1.64 bits per heavy atom. The summed E-state index contributed by atoms with van der Waals surface area (Å²) in [6.07, 6.45) is -2.38. The third-order valence-corrected chi connectivity index (χ3v) is 3.89. The molecule has 0 aromatic heterocycles. The fraction of sp³-hybridized carbons (Fsp3) is 0.579. The fourth-order valence-corrected chi connectivity index (χ4v) is 2.70. The first kappa shape index (κ1) is 21.7. The van der Waals surface area contributed by atoms with Crippen LogP contribution in [0.15, 0.2) is 24.3 Å². The fourth-order valence-electron chi connectivity index (χ4n) is 2.70. The van der Waals surface area contributed by atoms with Gasteiger partial charge in [0, 0.05) is 31.7 Å². The average Bonchev–Trinajstić information content (AvgIpc) is 2.54. The van der Waals surface area contributed by atoms with E-state index in [0.717, 1.165) is 0 Å². The van der Waals surface area contributed by atoms with Gasteiger partial charge in [-0.1, -0.05) is 0 Å². The summed E-state index contributed by atoms with van der Waals surface area (Å²) in [5, 5.41) is 5.49. The number of alkyl halides is 2. The number of nitrogens with one attached hydrogen (secondary N) is 2. The minimum atomic E-state index is -3.26. The number of anilines is 1. The maximum absolute atomic E-state index is 12.8. The number of amides is 3. The van der Waals surface area contributed by atoms with E-state index in [2.05, 4.69) is 15.4 Å². The molecule has 2 N–H and O–H groups in total. The van der Waals surface area contributed by atoms with Crippen LogP contribution < -0.4 is 15.4 Å². The first-order valence-electron chi connectivity index (χ1n) is 9.14. The van der Waals surface area contributed by atoms with Crippen LogP contribution in [0.25, 0.3) is 0 Å². The second kappa shape index (κ2) is 8.62. The largest absolute Gasteiger partial charge is 0.444 e. The number of urea groups is 1. The van der Waals surface area contributed by atoms with E-state index >= 15 is 0 Å². The maximum atomic E-state index is 12.8. The second-order valence-electron chi connectivity index (χ2n) is 7.77. The smallest absolute Gasteiger partial charge is 0.410 e. The second-order valence-corrected chi connectivity index (χ2v) is 7.77. The van der Waals surface area contributed by atoms with Gasteiger partial charge in [-0.3, -0.25) is 0 Å². The van der Waals surface area contributed by atoms with Gasteiger partial charge >= 0.3 is 18.2 Å². The standard InChI is InChI=1S/C19H27F2N3O4/c1-18(2,3)28-17(26)24-11-9-14(10-12-24)23-16(25)22-13-5-7-15(8-6-13)27-19(4,20)21/h5-8,14H,9-12H2,1-4H3,(H2,22,23,25). The Bertz CT molecular complexity index is 676. The maximum Gasteiger partial charge on any atom is 0.410 e. The summed E-state index contributed by atoms with van der Waals surface area (Å²) in [4.78, 5) is 25.8. The van der Waals surface area contributed by atoms with Crippen molar-refractivity contribution >= 4 is 17.8 Å². The zero-order valence-electron chi connectivity index (χ0n) is 16.6. The number of halogens is 2. The number of rotatable bonds is 4. The van der Waals surface area contributed by atoms with Crippen molar-refractivity contribution in [3.05, 3.63) is 24.3 Å².